The van der Waals surface area contributed by atoms with Gasteiger partial charge in [-0.15, -0.1) is 11.3 Å². The molecule has 0 radical (unpaired) electrons. The van der Waals surface area contributed by atoms with Gasteiger partial charge in [0, 0.05) is 34.7 Å². The lowest BCUT2D eigenvalue weighted by Crippen LogP contribution is -2.43. The van der Waals surface area contributed by atoms with Crippen LogP contribution in [0.15, 0.2) is 34.2 Å². The number of thiazole rings is 1. The van der Waals surface area contributed by atoms with Crippen LogP contribution in [-0.2, 0) is 11.3 Å². The first-order valence-corrected chi connectivity index (χ1v) is 8.70. The van der Waals surface area contributed by atoms with Crippen LogP contribution in [0.2, 0.25) is 0 Å². The predicted molar refractivity (Wildman–Crippen MR) is 88.4 cm³/mol. The second-order valence-corrected chi connectivity index (χ2v) is 6.91. The number of amides is 1. The number of hydrogen-bond acceptors (Lipinski definition) is 4. The lowest BCUT2D eigenvalue weighted by atomic mass is 10.2. The Hall–Kier alpha value is -1.47. The number of aromatic nitrogens is 1. The molecule has 1 aromatic heterocycles. The average molecular weight is 384 g/mol. The minimum Gasteiger partial charge on any atom is -0.350 e. The van der Waals surface area contributed by atoms with E-state index < -0.39 is 0 Å². The molecule has 7 heteroatoms. The standard InChI is InChI=1S/C15H15BrFN3OS/c16-11-3-4-12(17)10(8-11)9-19-14(21)13-2-1-6-20(13)15-18-5-7-22-15/h3-5,7-8,13H,1-2,6,9H2,(H,19,21)/t13-/m1/s1. The summed E-state index contributed by atoms with van der Waals surface area (Å²) in [6, 6.07) is 4.50. The minimum absolute atomic E-state index is 0.0768. The number of benzene rings is 1. The SMILES string of the molecule is O=C(NCc1cc(Br)ccc1F)[C@H]1CCCN1c1nccs1. The molecule has 0 spiro atoms. The molecule has 116 valence electrons. The smallest absolute Gasteiger partial charge is 0.243 e. The molecule has 1 N–H and O–H groups in total. The van der Waals surface area contributed by atoms with Crippen LogP contribution in [0.25, 0.3) is 0 Å². The molecule has 1 aromatic carbocycles. The van der Waals surface area contributed by atoms with Crippen molar-refractivity contribution >= 4 is 38.3 Å². The van der Waals surface area contributed by atoms with Crippen molar-refractivity contribution in [3.05, 3.63) is 45.6 Å². The first-order chi connectivity index (χ1) is 10.6. The van der Waals surface area contributed by atoms with Crippen molar-refractivity contribution in [3.63, 3.8) is 0 Å². The second kappa shape index (κ2) is 6.75. The van der Waals surface area contributed by atoms with Gasteiger partial charge in [-0.2, -0.15) is 0 Å². The molecule has 3 rings (SSSR count). The van der Waals surface area contributed by atoms with E-state index in [-0.39, 0.29) is 24.3 Å². The Labute approximate surface area is 140 Å². The molecule has 1 fully saturated rings. The summed E-state index contributed by atoms with van der Waals surface area (Å²) < 4.78 is 14.5. The highest BCUT2D eigenvalue weighted by molar-refractivity contribution is 9.10. The highest BCUT2D eigenvalue weighted by Crippen LogP contribution is 2.27. The van der Waals surface area contributed by atoms with E-state index >= 15 is 0 Å². The fourth-order valence-corrected chi connectivity index (χ4v) is 3.73. The summed E-state index contributed by atoms with van der Waals surface area (Å²) in [5.41, 5.74) is 0.474. The summed E-state index contributed by atoms with van der Waals surface area (Å²) >= 11 is 4.84. The van der Waals surface area contributed by atoms with E-state index in [1.165, 1.54) is 17.4 Å². The third-order valence-corrected chi connectivity index (χ3v) is 4.98. The van der Waals surface area contributed by atoms with E-state index in [0.29, 0.717) is 5.56 Å². The predicted octanol–water partition coefficient (Wildman–Crippen LogP) is 3.33. The monoisotopic (exact) mass is 383 g/mol. The summed E-state index contributed by atoms with van der Waals surface area (Å²) in [5, 5.41) is 5.61. The number of halogens is 2. The molecular weight excluding hydrogens is 369 g/mol. The molecule has 0 saturated carbocycles. The number of carbonyl (C=O) groups excluding carboxylic acids is 1. The van der Waals surface area contributed by atoms with Gasteiger partial charge >= 0.3 is 0 Å². The van der Waals surface area contributed by atoms with Gasteiger partial charge in [0.2, 0.25) is 5.91 Å². The van der Waals surface area contributed by atoms with Gasteiger partial charge in [-0.1, -0.05) is 15.9 Å². The summed E-state index contributed by atoms with van der Waals surface area (Å²) in [6.45, 7) is 1.02. The van der Waals surface area contributed by atoms with Crippen molar-refractivity contribution in [2.24, 2.45) is 0 Å². The largest absolute Gasteiger partial charge is 0.350 e. The fraction of sp³-hybridized carbons (Fsp3) is 0.333. The quantitative estimate of drug-likeness (QED) is 0.880. The van der Waals surface area contributed by atoms with Crippen LogP contribution in [0.1, 0.15) is 18.4 Å². The Balaban J connectivity index is 1.65. The summed E-state index contributed by atoms with van der Waals surface area (Å²) in [6.07, 6.45) is 3.50. The zero-order valence-corrected chi connectivity index (χ0v) is 14.2. The van der Waals surface area contributed by atoms with Crippen LogP contribution in [-0.4, -0.2) is 23.5 Å². The number of rotatable bonds is 4. The van der Waals surface area contributed by atoms with Crippen molar-refractivity contribution in [1.29, 1.82) is 0 Å². The van der Waals surface area contributed by atoms with Gasteiger partial charge in [0.25, 0.3) is 0 Å². The van der Waals surface area contributed by atoms with Crippen LogP contribution in [0.4, 0.5) is 9.52 Å². The average Bonchev–Trinajstić information content (AvgIpc) is 3.17. The molecule has 2 aromatic rings. The molecule has 4 nitrogen and oxygen atoms in total. The highest BCUT2D eigenvalue weighted by Gasteiger charge is 2.32. The zero-order valence-electron chi connectivity index (χ0n) is 11.8. The summed E-state index contributed by atoms with van der Waals surface area (Å²) in [7, 11) is 0. The van der Waals surface area contributed by atoms with Crippen LogP contribution in [0, 0.1) is 5.82 Å². The molecule has 1 amide bonds. The van der Waals surface area contributed by atoms with Crippen molar-refractivity contribution in [2.45, 2.75) is 25.4 Å². The van der Waals surface area contributed by atoms with Gasteiger partial charge in [-0.3, -0.25) is 4.79 Å². The molecule has 1 aliphatic heterocycles. The molecule has 2 heterocycles. The Morgan fingerprint density at radius 3 is 3.18 bits per heavy atom. The maximum atomic E-state index is 13.7. The fourth-order valence-electron chi connectivity index (χ4n) is 2.60. The first kappa shape index (κ1) is 15.4. The zero-order chi connectivity index (χ0) is 15.5. The third kappa shape index (κ3) is 3.30. The topological polar surface area (TPSA) is 45.2 Å². The van der Waals surface area contributed by atoms with Crippen LogP contribution >= 0.6 is 27.3 Å². The van der Waals surface area contributed by atoms with E-state index in [9.17, 15) is 9.18 Å². The molecule has 1 aliphatic rings. The lowest BCUT2D eigenvalue weighted by Gasteiger charge is -2.23. The van der Waals surface area contributed by atoms with E-state index in [0.717, 1.165) is 29.0 Å². The molecule has 0 aliphatic carbocycles. The molecule has 0 bridgehead atoms. The Morgan fingerprint density at radius 2 is 2.41 bits per heavy atom. The number of nitrogens with zero attached hydrogens (tertiary/aromatic N) is 2. The minimum atomic E-state index is -0.313. The Kier molecular flexibility index (Phi) is 4.73. The summed E-state index contributed by atoms with van der Waals surface area (Å²) in [4.78, 5) is 18.7. The number of anilines is 1. The normalized spacial score (nSPS) is 17.7. The van der Waals surface area contributed by atoms with Crippen molar-refractivity contribution in [2.75, 3.05) is 11.4 Å². The Morgan fingerprint density at radius 1 is 1.55 bits per heavy atom. The molecular formula is C15H15BrFN3OS. The number of hydrogen-bond donors (Lipinski definition) is 1. The van der Waals surface area contributed by atoms with E-state index in [1.807, 2.05) is 10.3 Å². The van der Waals surface area contributed by atoms with Crippen molar-refractivity contribution < 1.29 is 9.18 Å². The molecule has 0 unspecified atom stereocenters. The van der Waals surface area contributed by atoms with Crippen LogP contribution in [0.3, 0.4) is 0 Å². The van der Waals surface area contributed by atoms with E-state index in [4.69, 9.17) is 0 Å². The van der Waals surface area contributed by atoms with Crippen molar-refractivity contribution in [3.8, 4) is 0 Å². The molecule has 22 heavy (non-hydrogen) atoms. The highest BCUT2D eigenvalue weighted by atomic mass is 79.9. The Bertz CT molecular complexity index is 665. The lowest BCUT2D eigenvalue weighted by molar-refractivity contribution is -0.122. The molecule has 1 atom stereocenters. The second-order valence-electron chi connectivity index (χ2n) is 5.12. The van der Waals surface area contributed by atoms with E-state index in [1.54, 1.807) is 18.3 Å². The maximum Gasteiger partial charge on any atom is 0.243 e. The van der Waals surface area contributed by atoms with Crippen LogP contribution in [0.5, 0.6) is 0 Å². The van der Waals surface area contributed by atoms with Gasteiger partial charge in [0.05, 0.1) is 0 Å². The number of nitrogens with one attached hydrogen (secondary N) is 1. The number of carbonyl (C=O) groups is 1. The summed E-state index contributed by atoms with van der Waals surface area (Å²) in [5.74, 6) is -0.390. The third-order valence-electron chi connectivity index (χ3n) is 3.68. The van der Waals surface area contributed by atoms with Gasteiger partial charge < -0.3 is 10.2 Å². The first-order valence-electron chi connectivity index (χ1n) is 7.03. The van der Waals surface area contributed by atoms with E-state index in [2.05, 4.69) is 26.2 Å². The van der Waals surface area contributed by atoms with Gasteiger partial charge in [-0.05, 0) is 31.0 Å². The van der Waals surface area contributed by atoms with Gasteiger partial charge in [0.15, 0.2) is 5.13 Å². The van der Waals surface area contributed by atoms with Crippen molar-refractivity contribution in [1.82, 2.24) is 10.3 Å². The van der Waals surface area contributed by atoms with Gasteiger partial charge in [0.1, 0.15) is 11.9 Å². The van der Waals surface area contributed by atoms with Gasteiger partial charge in [-0.25, -0.2) is 9.37 Å². The van der Waals surface area contributed by atoms with Crippen LogP contribution < -0.4 is 10.2 Å². The molecule has 1 saturated heterocycles. The maximum absolute atomic E-state index is 13.7.